The maximum atomic E-state index is 13.4. The molecule has 1 aliphatic heterocycles. The van der Waals surface area contributed by atoms with E-state index >= 15 is 0 Å². The van der Waals surface area contributed by atoms with Crippen molar-refractivity contribution in [1.29, 1.82) is 0 Å². The Labute approximate surface area is 195 Å². The number of carbonyl (C=O) groups excluding carboxylic acids is 1. The highest BCUT2D eigenvalue weighted by molar-refractivity contribution is 9.11. The Balaban J connectivity index is 1.82. The minimum atomic E-state index is -0.308. The number of nitrogens with zero attached hydrogens (tertiary/aromatic N) is 1. The lowest BCUT2D eigenvalue weighted by Gasteiger charge is -2.23. The number of pyridine rings is 1. The van der Waals surface area contributed by atoms with E-state index in [0.717, 1.165) is 83.9 Å². The van der Waals surface area contributed by atoms with Crippen molar-refractivity contribution in [3.05, 3.63) is 57.8 Å². The van der Waals surface area contributed by atoms with Crippen molar-refractivity contribution in [2.24, 2.45) is 0 Å². The number of hydrogen-bond acceptors (Lipinski definition) is 2. The monoisotopic (exact) mass is 584 g/mol. The molecule has 0 unspecified atom stereocenters. The zero-order valence-electron chi connectivity index (χ0n) is 16.3. The summed E-state index contributed by atoms with van der Waals surface area (Å²) >= 11 is 10.7. The van der Waals surface area contributed by atoms with Gasteiger partial charge in [0.15, 0.2) is 0 Å². The van der Waals surface area contributed by atoms with Crippen molar-refractivity contribution in [1.82, 2.24) is 4.57 Å². The molecular formula is C22H23Br3N2O2. The van der Waals surface area contributed by atoms with Gasteiger partial charge in [-0.25, -0.2) is 0 Å². The van der Waals surface area contributed by atoms with Crippen LogP contribution in [0.1, 0.15) is 65.0 Å². The average molecular weight is 587 g/mol. The molecule has 2 aromatic rings. The quantitative estimate of drug-likeness (QED) is 0.449. The third-order valence-corrected chi connectivity index (χ3v) is 8.34. The first kappa shape index (κ1) is 21.3. The molecule has 2 aliphatic rings. The topological polar surface area (TPSA) is 51.1 Å². The van der Waals surface area contributed by atoms with Crippen LogP contribution in [0.25, 0.3) is 0 Å². The zero-order chi connectivity index (χ0) is 20.7. The molecule has 0 fully saturated rings. The second-order valence-electron chi connectivity index (χ2n) is 7.85. The van der Waals surface area contributed by atoms with Gasteiger partial charge >= 0.3 is 0 Å². The van der Waals surface area contributed by atoms with E-state index < -0.39 is 0 Å². The van der Waals surface area contributed by atoms with Crippen LogP contribution in [-0.4, -0.2) is 10.5 Å². The van der Waals surface area contributed by atoms with Gasteiger partial charge in [0.2, 0.25) is 5.43 Å². The molecule has 2 heterocycles. The maximum Gasteiger partial charge on any atom is 0.261 e. The lowest BCUT2D eigenvalue weighted by molar-refractivity contribution is 0.102. The predicted molar refractivity (Wildman–Crippen MR) is 127 cm³/mol. The Bertz CT molecular complexity index is 1060. The summed E-state index contributed by atoms with van der Waals surface area (Å²) in [4.78, 5) is 26.5. The summed E-state index contributed by atoms with van der Waals surface area (Å²) < 4.78 is 4.56. The van der Waals surface area contributed by atoms with E-state index in [1.807, 2.05) is 13.0 Å². The van der Waals surface area contributed by atoms with Gasteiger partial charge in [-0.15, -0.1) is 0 Å². The number of rotatable bonds is 2. The summed E-state index contributed by atoms with van der Waals surface area (Å²) in [7, 11) is 0. The number of halogens is 3. The van der Waals surface area contributed by atoms with Gasteiger partial charge in [0.1, 0.15) is 5.56 Å². The lowest BCUT2D eigenvalue weighted by Crippen LogP contribution is -2.30. The van der Waals surface area contributed by atoms with E-state index in [1.54, 1.807) is 0 Å². The number of benzene rings is 1. The standard InChI is InChI=1S/C22H23Br3N2O2/c1-12-19(25)21(28)18(17-9-3-2-6-10-27(12)17)22(29)26-20-14-8-5-4-7-13(14)15(23)11-16(20)24/h11H,2-10H2,1H3,(H,26,29). The molecule has 4 rings (SSSR count). The molecule has 1 amide bonds. The molecule has 4 nitrogen and oxygen atoms in total. The number of hydrogen-bond donors (Lipinski definition) is 1. The van der Waals surface area contributed by atoms with E-state index in [-0.39, 0.29) is 16.9 Å². The van der Waals surface area contributed by atoms with Crippen molar-refractivity contribution >= 4 is 59.4 Å². The molecular weight excluding hydrogens is 564 g/mol. The number of amides is 1. The van der Waals surface area contributed by atoms with E-state index in [9.17, 15) is 9.59 Å². The minimum absolute atomic E-state index is 0.213. The highest BCUT2D eigenvalue weighted by atomic mass is 79.9. The van der Waals surface area contributed by atoms with Crippen molar-refractivity contribution in [2.75, 3.05) is 5.32 Å². The van der Waals surface area contributed by atoms with Crippen molar-refractivity contribution in [3.8, 4) is 0 Å². The molecule has 0 radical (unpaired) electrons. The van der Waals surface area contributed by atoms with Crippen molar-refractivity contribution < 1.29 is 4.79 Å². The summed E-state index contributed by atoms with van der Waals surface area (Å²) in [6, 6.07) is 2.00. The largest absolute Gasteiger partial charge is 0.347 e. The Morgan fingerprint density at radius 3 is 2.41 bits per heavy atom. The molecule has 0 spiro atoms. The second-order valence-corrected chi connectivity index (χ2v) is 10.3. The first-order chi connectivity index (χ1) is 13.9. The van der Waals surface area contributed by atoms with Crippen LogP contribution in [0.15, 0.2) is 24.3 Å². The number of aromatic nitrogens is 1. The van der Waals surface area contributed by atoms with E-state index in [0.29, 0.717) is 4.47 Å². The maximum absolute atomic E-state index is 13.4. The van der Waals surface area contributed by atoms with Gasteiger partial charge < -0.3 is 9.88 Å². The summed E-state index contributed by atoms with van der Waals surface area (Å²) in [5.74, 6) is -0.308. The van der Waals surface area contributed by atoms with Gasteiger partial charge in [-0.3, -0.25) is 9.59 Å². The molecule has 0 saturated heterocycles. The van der Waals surface area contributed by atoms with Crippen LogP contribution in [0, 0.1) is 6.92 Å². The van der Waals surface area contributed by atoms with Gasteiger partial charge in [0.25, 0.3) is 5.91 Å². The fraction of sp³-hybridized carbons (Fsp3) is 0.455. The molecule has 7 heteroatoms. The molecule has 1 aromatic carbocycles. The third-order valence-electron chi connectivity index (χ3n) is 6.07. The normalized spacial score (nSPS) is 16.0. The Hall–Kier alpha value is -0.920. The molecule has 0 bridgehead atoms. The molecule has 0 atom stereocenters. The molecule has 154 valence electrons. The van der Waals surface area contributed by atoms with Crippen LogP contribution in [0.3, 0.4) is 0 Å². The summed E-state index contributed by atoms with van der Waals surface area (Å²) in [6.07, 6.45) is 8.12. The van der Waals surface area contributed by atoms with Crippen LogP contribution in [-0.2, 0) is 25.8 Å². The second kappa shape index (κ2) is 8.67. The molecule has 1 N–H and O–H groups in total. The predicted octanol–water partition coefficient (Wildman–Crippen LogP) is 6.30. The van der Waals surface area contributed by atoms with Crippen LogP contribution in [0.4, 0.5) is 5.69 Å². The first-order valence-corrected chi connectivity index (χ1v) is 12.5. The van der Waals surface area contributed by atoms with Gasteiger partial charge in [-0.05, 0) is 101 Å². The first-order valence-electron chi connectivity index (χ1n) is 10.1. The Kier molecular flexibility index (Phi) is 6.38. The van der Waals surface area contributed by atoms with Crippen LogP contribution in [0.2, 0.25) is 0 Å². The van der Waals surface area contributed by atoms with Crippen LogP contribution in [0.5, 0.6) is 0 Å². The van der Waals surface area contributed by atoms with E-state index in [1.165, 1.54) is 11.1 Å². The lowest BCUT2D eigenvalue weighted by atomic mass is 9.90. The zero-order valence-corrected chi connectivity index (χ0v) is 21.1. The highest BCUT2D eigenvalue weighted by Gasteiger charge is 2.26. The number of carbonyl (C=O) groups is 1. The minimum Gasteiger partial charge on any atom is -0.347 e. The number of nitrogens with one attached hydrogen (secondary N) is 1. The molecule has 1 aliphatic carbocycles. The molecule has 0 saturated carbocycles. The van der Waals surface area contributed by atoms with Gasteiger partial charge in [0, 0.05) is 26.9 Å². The summed E-state index contributed by atoms with van der Waals surface area (Å²) in [6.45, 7) is 2.79. The smallest absolute Gasteiger partial charge is 0.261 e. The van der Waals surface area contributed by atoms with E-state index in [2.05, 4.69) is 57.7 Å². The highest BCUT2D eigenvalue weighted by Crippen LogP contribution is 2.39. The van der Waals surface area contributed by atoms with Crippen LogP contribution < -0.4 is 10.7 Å². The fourth-order valence-electron chi connectivity index (χ4n) is 4.57. The van der Waals surface area contributed by atoms with Gasteiger partial charge in [-0.1, -0.05) is 22.4 Å². The summed E-state index contributed by atoms with van der Waals surface area (Å²) in [5.41, 5.74) is 5.08. The number of fused-ring (bicyclic) bond motifs is 2. The van der Waals surface area contributed by atoms with Crippen molar-refractivity contribution in [3.63, 3.8) is 0 Å². The fourth-order valence-corrected chi connectivity index (χ4v) is 6.52. The van der Waals surface area contributed by atoms with E-state index in [4.69, 9.17) is 0 Å². The van der Waals surface area contributed by atoms with Gasteiger partial charge in [0.05, 0.1) is 10.2 Å². The molecule has 29 heavy (non-hydrogen) atoms. The van der Waals surface area contributed by atoms with Crippen LogP contribution >= 0.6 is 47.8 Å². The SMILES string of the molecule is Cc1c(Br)c(=O)c(C(=O)Nc2c(Br)cc(Br)c3c2CCCC3)c2n1CCCCC2. The van der Waals surface area contributed by atoms with Crippen molar-refractivity contribution in [2.45, 2.75) is 64.8 Å². The Morgan fingerprint density at radius 2 is 1.66 bits per heavy atom. The number of anilines is 1. The summed E-state index contributed by atoms with van der Waals surface area (Å²) in [5, 5.41) is 3.10. The average Bonchev–Trinajstić information content (AvgIpc) is 2.95. The Morgan fingerprint density at radius 1 is 0.966 bits per heavy atom. The molecule has 1 aromatic heterocycles. The third kappa shape index (κ3) is 3.90. The van der Waals surface area contributed by atoms with Gasteiger partial charge in [-0.2, -0.15) is 0 Å².